The topological polar surface area (TPSA) is 17.1 Å². The number of allylic oxidation sites excluding steroid dienone is 3. The minimum absolute atomic E-state index is 0.668. The second-order valence-electron chi connectivity index (χ2n) is 3.64. The summed E-state index contributed by atoms with van der Waals surface area (Å²) >= 11 is 0. The van der Waals surface area contributed by atoms with Gasteiger partial charge < -0.3 is 4.79 Å². The van der Waals surface area contributed by atoms with Gasteiger partial charge in [0.15, 0.2) is 0 Å². The van der Waals surface area contributed by atoms with Crippen LogP contribution in [0, 0.1) is 0 Å². The SMILES string of the molecule is O=CCCCC=C=CC1=CCCCC1. The molecule has 1 nitrogen and oxygen atoms in total. The number of rotatable bonds is 5. The largest absolute Gasteiger partial charge is 0.303 e. The maximum Gasteiger partial charge on any atom is 0.120 e. The van der Waals surface area contributed by atoms with Crippen molar-refractivity contribution in [2.75, 3.05) is 0 Å². The van der Waals surface area contributed by atoms with E-state index in [4.69, 9.17) is 0 Å². The molecule has 1 aliphatic carbocycles. The van der Waals surface area contributed by atoms with Crippen molar-refractivity contribution in [1.82, 2.24) is 0 Å². The molecular weight excluding hydrogens is 172 g/mol. The number of carbonyl (C=O) groups is 1. The van der Waals surface area contributed by atoms with Crippen LogP contribution < -0.4 is 0 Å². The quantitative estimate of drug-likeness (QED) is 0.368. The fourth-order valence-corrected chi connectivity index (χ4v) is 1.55. The Kier molecular flexibility index (Phi) is 5.77. The highest BCUT2D eigenvalue weighted by atomic mass is 16.1. The lowest BCUT2D eigenvalue weighted by Gasteiger charge is -2.06. The van der Waals surface area contributed by atoms with Gasteiger partial charge in [-0.2, -0.15) is 0 Å². The lowest BCUT2D eigenvalue weighted by atomic mass is 10.00. The highest BCUT2D eigenvalue weighted by Gasteiger charge is 1.98. The van der Waals surface area contributed by atoms with Crippen LogP contribution in [-0.4, -0.2) is 6.29 Å². The van der Waals surface area contributed by atoms with Gasteiger partial charge in [0.25, 0.3) is 0 Å². The van der Waals surface area contributed by atoms with E-state index in [-0.39, 0.29) is 0 Å². The van der Waals surface area contributed by atoms with Gasteiger partial charge in [-0.1, -0.05) is 6.08 Å². The van der Waals surface area contributed by atoms with Crippen molar-refractivity contribution in [1.29, 1.82) is 0 Å². The first-order valence-corrected chi connectivity index (χ1v) is 5.47. The van der Waals surface area contributed by atoms with Crippen LogP contribution in [0.5, 0.6) is 0 Å². The van der Waals surface area contributed by atoms with Gasteiger partial charge in [0.1, 0.15) is 6.29 Å². The Morgan fingerprint density at radius 1 is 1.36 bits per heavy atom. The van der Waals surface area contributed by atoms with Crippen molar-refractivity contribution < 1.29 is 4.79 Å². The second-order valence-corrected chi connectivity index (χ2v) is 3.64. The minimum atomic E-state index is 0.668. The molecule has 0 radical (unpaired) electrons. The van der Waals surface area contributed by atoms with E-state index in [9.17, 15) is 4.79 Å². The maximum atomic E-state index is 10.0. The van der Waals surface area contributed by atoms with Gasteiger partial charge in [-0.3, -0.25) is 0 Å². The Labute approximate surface area is 86.2 Å². The lowest BCUT2D eigenvalue weighted by Crippen LogP contribution is -1.87. The summed E-state index contributed by atoms with van der Waals surface area (Å²) in [5.74, 6) is 0. The van der Waals surface area contributed by atoms with Crippen LogP contribution in [0.25, 0.3) is 0 Å². The Bertz CT molecular complexity index is 254. The van der Waals surface area contributed by atoms with Crippen LogP contribution in [0.1, 0.15) is 44.9 Å². The summed E-state index contributed by atoms with van der Waals surface area (Å²) in [4.78, 5) is 10.0. The van der Waals surface area contributed by atoms with E-state index in [1.807, 2.05) is 6.08 Å². The standard InChI is InChI=1S/C13H18O/c14-12-8-3-1-2-5-9-13-10-6-4-7-11-13/h2,9-10,12H,1,3-4,6-8,11H2. The molecule has 0 aromatic carbocycles. The third kappa shape index (κ3) is 4.84. The summed E-state index contributed by atoms with van der Waals surface area (Å²) in [5, 5.41) is 0. The van der Waals surface area contributed by atoms with Gasteiger partial charge in [-0.05, 0) is 56.3 Å². The molecule has 0 saturated heterocycles. The van der Waals surface area contributed by atoms with Crippen LogP contribution >= 0.6 is 0 Å². The minimum Gasteiger partial charge on any atom is -0.303 e. The van der Waals surface area contributed by atoms with Crippen molar-refractivity contribution in [3.63, 3.8) is 0 Å². The molecule has 0 saturated carbocycles. The summed E-state index contributed by atoms with van der Waals surface area (Å²) in [7, 11) is 0. The molecule has 0 aliphatic heterocycles. The zero-order valence-corrected chi connectivity index (χ0v) is 8.67. The first-order valence-electron chi connectivity index (χ1n) is 5.47. The Morgan fingerprint density at radius 2 is 2.29 bits per heavy atom. The highest BCUT2D eigenvalue weighted by Crippen LogP contribution is 2.17. The molecule has 0 fully saturated rings. The first kappa shape index (κ1) is 11.0. The van der Waals surface area contributed by atoms with Gasteiger partial charge >= 0.3 is 0 Å². The van der Waals surface area contributed by atoms with Crippen LogP contribution in [-0.2, 0) is 4.79 Å². The van der Waals surface area contributed by atoms with E-state index in [2.05, 4.69) is 17.9 Å². The predicted octanol–water partition coefficient (Wildman–Crippen LogP) is 3.57. The summed E-state index contributed by atoms with van der Waals surface area (Å²) in [6.07, 6.45) is 15.0. The molecule has 0 amide bonds. The van der Waals surface area contributed by atoms with Crippen molar-refractivity contribution in [2.45, 2.75) is 44.9 Å². The maximum absolute atomic E-state index is 10.0. The van der Waals surface area contributed by atoms with Crippen LogP contribution in [0.4, 0.5) is 0 Å². The first-order chi connectivity index (χ1) is 6.93. The Morgan fingerprint density at radius 3 is 3.00 bits per heavy atom. The summed E-state index contributed by atoms with van der Waals surface area (Å²) in [6, 6.07) is 0. The molecule has 1 rings (SSSR count). The average molecular weight is 190 g/mol. The zero-order valence-electron chi connectivity index (χ0n) is 8.67. The van der Waals surface area contributed by atoms with Crippen LogP contribution in [0.3, 0.4) is 0 Å². The second kappa shape index (κ2) is 7.34. The third-order valence-corrected chi connectivity index (χ3v) is 2.38. The van der Waals surface area contributed by atoms with Gasteiger partial charge in [-0.15, -0.1) is 5.73 Å². The smallest absolute Gasteiger partial charge is 0.120 e. The summed E-state index contributed by atoms with van der Waals surface area (Å²) < 4.78 is 0. The molecule has 0 heterocycles. The van der Waals surface area contributed by atoms with E-state index in [0.717, 1.165) is 19.1 Å². The molecule has 0 spiro atoms. The van der Waals surface area contributed by atoms with Gasteiger partial charge in [0, 0.05) is 6.42 Å². The van der Waals surface area contributed by atoms with Crippen molar-refractivity contribution in [2.24, 2.45) is 0 Å². The summed E-state index contributed by atoms with van der Waals surface area (Å²) in [6.45, 7) is 0. The van der Waals surface area contributed by atoms with E-state index < -0.39 is 0 Å². The van der Waals surface area contributed by atoms with Crippen molar-refractivity contribution in [3.05, 3.63) is 29.5 Å². The number of hydrogen-bond acceptors (Lipinski definition) is 1. The van der Waals surface area contributed by atoms with E-state index >= 15 is 0 Å². The molecule has 1 heteroatoms. The van der Waals surface area contributed by atoms with Gasteiger partial charge in [0.05, 0.1) is 0 Å². The van der Waals surface area contributed by atoms with E-state index in [0.29, 0.717) is 6.42 Å². The fourth-order valence-electron chi connectivity index (χ4n) is 1.55. The molecule has 0 unspecified atom stereocenters. The molecule has 76 valence electrons. The molecule has 0 bridgehead atoms. The van der Waals surface area contributed by atoms with Crippen LogP contribution in [0.2, 0.25) is 0 Å². The fraction of sp³-hybridized carbons (Fsp3) is 0.538. The normalized spacial score (nSPS) is 15.3. The third-order valence-electron chi connectivity index (χ3n) is 2.38. The van der Waals surface area contributed by atoms with Crippen LogP contribution in [0.15, 0.2) is 29.5 Å². The van der Waals surface area contributed by atoms with E-state index in [1.54, 1.807) is 0 Å². The lowest BCUT2D eigenvalue weighted by molar-refractivity contribution is -0.107. The number of aldehydes is 1. The molecule has 0 atom stereocenters. The molecule has 14 heavy (non-hydrogen) atoms. The zero-order chi connectivity index (χ0) is 10.1. The number of hydrogen-bond donors (Lipinski definition) is 0. The Hall–Kier alpha value is -1.07. The van der Waals surface area contributed by atoms with E-state index in [1.165, 1.54) is 31.3 Å². The molecular formula is C13H18O. The van der Waals surface area contributed by atoms with Crippen molar-refractivity contribution >= 4 is 6.29 Å². The summed E-state index contributed by atoms with van der Waals surface area (Å²) in [5.41, 5.74) is 4.60. The highest BCUT2D eigenvalue weighted by molar-refractivity contribution is 5.49. The van der Waals surface area contributed by atoms with Gasteiger partial charge in [0.2, 0.25) is 0 Å². The molecule has 1 aliphatic rings. The molecule has 0 N–H and O–H groups in total. The predicted molar refractivity (Wildman–Crippen MR) is 59.1 cm³/mol. The number of carbonyl (C=O) groups excluding carboxylic acids is 1. The number of unbranched alkanes of at least 4 members (excludes halogenated alkanes) is 2. The average Bonchev–Trinajstić information content (AvgIpc) is 2.25. The van der Waals surface area contributed by atoms with Gasteiger partial charge in [-0.25, -0.2) is 0 Å². The van der Waals surface area contributed by atoms with Crippen molar-refractivity contribution in [3.8, 4) is 0 Å². The Balaban J connectivity index is 2.23. The molecule has 0 aromatic rings. The monoisotopic (exact) mass is 190 g/mol. The molecule has 0 aromatic heterocycles.